The lowest BCUT2D eigenvalue weighted by Gasteiger charge is -2.17. The lowest BCUT2D eigenvalue weighted by Crippen LogP contribution is -2.22. The number of nitrogens with one attached hydrogen (secondary N) is 1. The van der Waals surface area contributed by atoms with Crippen LogP contribution >= 0.6 is 0 Å². The van der Waals surface area contributed by atoms with Gasteiger partial charge in [0, 0.05) is 17.8 Å². The van der Waals surface area contributed by atoms with Crippen molar-refractivity contribution in [1.82, 2.24) is 0 Å². The molecule has 1 saturated carbocycles. The molecule has 0 heterocycles. The summed E-state index contributed by atoms with van der Waals surface area (Å²) in [4.78, 5) is 0. The Morgan fingerprint density at radius 1 is 1.23 bits per heavy atom. The van der Waals surface area contributed by atoms with Gasteiger partial charge in [0.1, 0.15) is 0 Å². The van der Waals surface area contributed by atoms with Gasteiger partial charge in [-0.1, -0.05) is 18.2 Å². The van der Waals surface area contributed by atoms with Crippen LogP contribution in [0.4, 0.5) is 5.69 Å². The first-order valence-electron chi connectivity index (χ1n) is 4.79. The maximum absolute atomic E-state index is 8.88. The van der Waals surface area contributed by atoms with Crippen molar-refractivity contribution < 1.29 is 5.11 Å². The zero-order valence-corrected chi connectivity index (χ0v) is 7.66. The van der Waals surface area contributed by atoms with E-state index >= 15 is 0 Å². The molecule has 0 saturated heterocycles. The fourth-order valence-corrected chi connectivity index (χ4v) is 1.63. The van der Waals surface area contributed by atoms with Crippen molar-refractivity contribution in [3.63, 3.8) is 0 Å². The molecule has 1 aromatic carbocycles. The average molecular weight is 177 g/mol. The third kappa shape index (κ3) is 2.01. The lowest BCUT2D eigenvalue weighted by molar-refractivity contribution is 0.276. The number of benzene rings is 1. The van der Waals surface area contributed by atoms with E-state index in [2.05, 4.69) is 17.4 Å². The second-order valence-corrected chi connectivity index (χ2v) is 3.74. The Morgan fingerprint density at radius 2 is 1.92 bits per heavy atom. The Hall–Kier alpha value is -1.02. The molecule has 13 heavy (non-hydrogen) atoms. The van der Waals surface area contributed by atoms with Crippen molar-refractivity contribution in [2.75, 3.05) is 11.9 Å². The van der Waals surface area contributed by atoms with E-state index in [-0.39, 0.29) is 12.1 Å². The normalized spacial score (nSPS) is 18.2. The second-order valence-electron chi connectivity index (χ2n) is 3.74. The first-order valence-corrected chi connectivity index (χ1v) is 4.79. The van der Waals surface area contributed by atoms with Crippen LogP contribution in [-0.2, 0) is 0 Å². The first kappa shape index (κ1) is 8.57. The van der Waals surface area contributed by atoms with Crippen molar-refractivity contribution in [1.29, 1.82) is 0 Å². The van der Waals surface area contributed by atoms with Gasteiger partial charge in [0.15, 0.2) is 0 Å². The Bertz CT molecular complexity index is 267. The number of rotatable bonds is 4. The molecule has 2 N–H and O–H groups in total. The van der Waals surface area contributed by atoms with Crippen LogP contribution in [-0.4, -0.2) is 17.3 Å². The maximum Gasteiger partial charge on any atom is 0.0453 e. The number of aliphatic hydroxyl groups excluding tert-OH is 1. The van der Waals surface area contributed by atoms with E-state index in [1.165, 1.54) is 12.8 Å². The van der Waals surface area contributed by atoms with Gasteiger partial charge < -0.3 is 10.4 Å². The summed E-state index contributed by atoms with van der Waals surface area (Å²) < 4.78 is 0. The number of aliphatic hydroxyl groups is 1. The molecular weight excluding hydrogens is 162 g/mol. The number of para-hydroxylation sites is 1. The van der Waals surface area contributed by atoms with E-state index in [1.54, 1.807) is 0 Å². The van der Waals surface area contributed by atoms with E-state index in [1.807, 2.05) is 18.2 Å². The molecule has 1 aliphatic rings. The lowest BCUT2D eigenvalue weighted by atomic mass is 10.1. The van der Waals surface area contributed by atoms with Gasteiger partial charge in [-0.2, -0.15) is 0 Å². The fourth-order valence-electron chi connectivity index (χ4n) is 1.63. The molecular formula is C11H15NO. The number of hydrogen-bond donors (Lipinski definition) is 2. The van der Waals surface area contributed by atoms with E-state index in [4.69, 9.17) is 5.11 Å². The maximum atomic E-state index is 8.88. The summed E-state index contributed by atoms with van der Waals surface area (Å²) in [5.41, 5.74) is 1.37. The van der Waals surface area contributed by atoms with Crippen molar-refractivity contribution >= 4 is 5.69 Å². The minimum Gasteiger partial charge on any atom is -0.396 e. The summed E-state index contributed by atoms with van der Waals surface area (Å²) >= 11 is 0. The molecule has 2 rings (SSSR count). The molecule has 70 valence electrons. The van der Waals surface area contributed by atoms with Crippen LogP contribution in [0.25, 0.3) is 0 Å². The third-order valence-corrected chi connectivity index (χ3v) is 2.63. The summed E-state index contributed by atoms with van der Waals surface area (Å²) in [6.45, 7) is 0.278. The van der Waals surface area contributed by atoms with Crippen LogP contribution in [0.5, 0.6) is 0 Å². The fraction of sp³-hybridized carbons (Fsp3) is 0.455. The molecule has 0 aromatic heterocycles. The van der Waals surface area contributed by atoms with Crippen molar-refractivity contribution in [2.45, 2.75) is 24.8 Å². The van der Waals surface area contributed by atoms with Crippen LogP contribution in [0.3, 0.4) is 0 Å². The quantitative estimate of drug-likeness (QED) is 0.737. The van der Waals surface area contributed by atoms with Gasteiger partial charge in [-0.3, -0.25) is 0 Å². The second kappa shape index (κ2) is 3.38. The number of anilines is 1. The highest BCUT2D eigenvalue weighted by atomic mass is 16.3. The third-order valence-electron chi connectivity index (χ3n) is 2.63. The standard InChI is InChI=1S/C11H15NO/c13-9-8-11(6-7-11)12-10-4-2-1-3-5-10/h1-5,12-13H,6-9H2. The highest BCUT2D eigenvalue weighted by Gasteiger charge is 2.41. The predicted molar refractivity (Wildman–Crippen MR) is 53.7 cm³/mol. The first-order chi connectivity index (χ1) is 6.35. The molecule has 0 amide bonds. The summed E-state index contributed by atoms with van der Waals surface area (Å²) in [7, 11) is 0. The van der Waals surface area contributed by atoms with Gasteiger partial charge in [0.05, 0.1) is 0 Å². The van der Waals surface area contributed by atoms with Gasteiger partial charge in [-0.25, -0.2) is 0 Å². The molecule has 0 unspecified atom stereocenters. The summed E-state index contributed by atoms with van der Waals surface area (Å²) in [5.74, 6) is 0. The van der Waals surface area contributed by atoms with Gasteiger partial charge in [-0.15, -0.1) is 0 Å². The van der Waals surface area contributed by atoms with Gasteiger partial charge in [0.25, 0.3) is 0 Å². The Labute approximate surface area is 78.6 Å². The Kier molecular flexibility index (Phi) is 2.23. The molecule has 0 aliphatic heterocycles. The molecule has 1 aliphatic carbocycles. The van der Waals surface area contributed by atoms with Gasteiger partial charge >= 0.3 is 0 Å². The summed E-state index contributed by atoms with van der Waals surface area (Å²) in [6.07, 6.45) is 3.23. The van der Waals surface area contributed by atoms with Crippen molar-refractivity contribution in [2.24, 2.45) is 0 Å². The zero-order chi connectivity index (χ0) is 9.15. The van der Waals surface area contributed by atoms with Crippen LogP contribution in [0.1, 0.15) is 19.3 Å². The van der Waals surface area contributed by atoms with E-state index in [0.717, 1.165) is 12.1 Å². The van der Waals surface area contributed by atoms with E-state index in [9.17, 15) is 0 Å². The molecule has 0 radical (unpaired) electrons. The van der Waals surface area contributed by atoms with Crippen molar-refractivity contribution in [3.8, 4) is 0 Å². The summed E-state index contributed by atoms with van der Waals surface area (Å²) in [6, 6.07) is 10.2. The molecule has 2 heteroatoms. The van der Waals surface area contributed by atoms with E-state index < -0.39 is 0 Å². The molecule has 0 spiro atoms. The minimum absolute atomic E-state index is 0.204. The SMILES string of the molecule is OCCC1(Nc2ccccc2)CC1. The van der Waals surface area contributed by atoms with Crippen molar-refractivity contribution in [3.05, 3.63) is 30.3 Å². The molecule has 2 nitrogen and oxygen atoms in total. The topological polar surface area (TPSA) is 32.3 Å². The highest BCUT2D eigenvalue weighted by Crippen LogP contribution is 2.41. The molecule has 0 atom stereocenters. The molecule has 0 bridgehead atoms. The minimum atomic E-state index is 0.204. The highest BCUT2D eigenvalue weighted by molar-refractivity contribution is 5.46. The zero-order valence-electron chi connectivity index (χ0n) is 7.66. The van der Waals surface area contributed by atoms with Crippen LogP contribution in [0, 0.1) is 0 Å². The Morgan fingerprint density at radius 3 is 2.46 bits per heavy atom. The van der Waals surface area contributed by atoms with Crippen LogP contribution in [0.2, 0.25) is 0 Å². The van der Waals surface area contributed by atoms with Crippen LogP contribution < -0.4 is 5.32 Å². The average Bonchev–Trinajstić information content (AvgIpc) is 2.87. The Balaban J connectivity index is 1.98. The summed E-state index contributed by atoms with van der Waals surface area (Å²) in [5, 5.41) is 12.4. The van der Waals surface area contributed by atoms with Gasteiger partial charge in [-0.05, 0) is 31.4 Å². The largest absolute Gasteiger partial charge is 0.396 e. The van der Waals surface area contributed by atoms with Crippen LogP contribution in [0.15, 0.2) is 30.3 Å². The number of hydrogen-bond acceptors (Lipinski definition) is 2. The smallest absolute Gasteiger partial charge is 0.0453 e. The van der Waals surface area contributed by atoms with E-state index in [0.29, 0.717) is 0 Å². The predicted octanol–water partition coefficient (Wildman–Crippen LogP) is 2.01. The van der Waals surface area contributed by atoms with Gasteiger partial charge in [0.2, 0.25) is 0 Å². The molecule has 1 aromatic rings. The monoisotopic (exact) mass is 177 g/mol. The molecule has 1 fully saturated rings.